The lowest BCUT2D eigenvalue weighted by Crippen LogP contribution is -2.61. The highest BCUT2D eigenvalue weighted by atomic mass is 32.2. The van der Waals surface area contributed by atoms with Gasteiger partial charge in [0, 0.05) is 19.0 Å². The van der Waals surface area contributed by atoms with Crippen molar-refractivity contribution >= 4 is 35.6 Å². The average Bonchev–Trinajstić information content (AvgIpc) is 3.56. The van der Waals surface area contributed by atoms with Crippen LogP contribution in [0.1, 0.15) is 47.5 Å². The van der Waals surface area contributed by atoms with Crippen molar-refractivity contribution in [2.24, 2.45) is 28.6 Å². The summed E-state index contributed by atoms with van der Waals surface area (Å²) in [5, 5.41) is 7.63. The molecule has 0 spiro atoms. The summed E-state index contributed by atoms with van der Waals surface area (Å²) in [4.78, 5) is 52.4. The fourth-order valence-electron chi connectivity index (χ4n) is 5.75. The SMILES string of the molecule is CC(C)(C)[C@H](NC(=O)C(F)(F)F)C(=O)N1C[C@H]2[C@@H]([C@H]1C(=O)N[C@@H](C[C@@H]1CCNC1=O)[C@@H]1NS1)C2(C)C. The number of amides is 4. The lowest BCUT2D eigenvalue weighted by molar-refractivity contribution is -0.176. The quantitative estimate of drug-likeness (QED) is 0.287. The van der Waals surface area contributed by atoms with E-state index in [0.29, 0.717) is 19.4 Å². The van der Waals surface area contributed by atoms with E-state index < -0.39 is 35.5 Å². The number of nitrogens with one attached hydrogen (secondary N) is 4. The molecule has 3 heterocycles. The normalized spacial score (nSPS) is 32.3. The number of alkyl halides is 3. The Kier molecular flexibility index (Phi) is 6.81. The van der Waals surface area contributed by atoms with Crippen LogP contribution in [0.2, 0.25) is 0 Å². The topological polar surface area (TPSA) is 130 Å². The van der Waals surface area contributed by atoms with Crippen molar-refractivity contribution in [1.29, 1.82) is 0 Å². The van der Waals surface area contributed by atoms with Crippen molar-refractivity contribution in [3.05, 3.63) is 0 Å². The molecule has 3 aliphatic heterocycles. The van der Waals surface area contributed by atoms with Crippen LogP contribution in [-0.2, 0) is 19.2 Å². The molecule has 0 unspecified atom stereocenters. The predicted molar refractivity (Wildman–Crippen MR) is 126 cm³/mol. The summed E-state index contributed by atoms with van der Waals surface area (Å²) in [6, 6.07) is -2.66. The summed E-state index contributed by atoms with van der Waals surface area (Å²) < 4.78 is 42.1. The molecule has 0 aromatic rings. The molecule has 3 saturated heterocycles. The van der Waals surface area contributed by atoms with Gasteiger partial charge >= 0.3 is 12.1 Å². The zero-order valence-corrected chi connectivity index (χ0v) is 21.8. The van der Waals surface area contributed by atoms with Crippen LogP contribution in [0.25, 0.3) is 0 Å². The van der Waals surface area contributed by atoms with Gasteiger partial charge in [-0.05, 0) is 35.5 Å². The summed E-state index contributed by atoms with van der Waals surface area (Å²) >= 11 is 1.45. The molecule has 0 aromatic carbocycles. The molecule has 4 rings (SSSR count). The van der Waals surface area contributed by atoms with Gasteiger partial charge in [0.05, 0.1) is 11.4 Å². The number of likely N-dealkylation sites (tertiary alicyclic amines) is 1. The zero-order chi connectivity index (χ0) is 26.8. The van der Waals surface area contributed by atoms with Crippen molar-refractivity contribution < 1.29 is 32.3 Å². The fourth-order valence-corrected chi connectivity index (χ4v) is 6.33. The first-order valence-corrected chi connectivity index (χ1v) is 13.1. The van der Waals surface area contributed by atoms with Crippen LogP contribution in [0.3, 0.4) is 0 Å². The summed E-state index contributed by atoms with van der Waals surface area (Å²) in [5.74, 6) is -3.64. The summed E-state index contributed by atoms with van der Waals surface area (Å²) in [6.07, 6.45) is -4.00. The largest absolute Gasteiger partial charge is 0.471 e. The standard InChI is InChI=1S/C23H34F3N5O4S/c1-21(2,3)15(29-20(35)23(24,25)26)19(34)31-9-11-13(22(11,4)5)14(31)17(33)28-12(18-30-36-18)8-10-6-7-27-16(10)32/h10-15,18,30H,6-9H2,1-5H3,(H,27,32)(H,28,33)(H,29,35)/t10-,11-,12-,13-,14-,15+,18+/m0/s1. The smallest absolute Gasteiger partial charge is 0.356 e. The monoisotopic (exact) mass is 533 g/mol. The number of hydrogen-bond donors (Lipinski definition) is 4. The summed E-state index contributed by atoms with van der Waals surface area (Å²) in [6.45, 7) is 9.55. The Morgan fingerprint density at radius 1 is 1.19 bits per heavy atom. The number of rotatable bonds is 7. The molecule has 9 nitrogen and oxygen atoms in total. The third-order valence-corrected chi connectivity index (χ3v) is 8.89. The molecule has 4 N–H and O–H groups in total. The third-order valence-electron chi connectivity index (χ3n) is 8.05. The molecular formula is C23H34F3N5O4S. The van der Waals surface area contributed by atoms with E-state index in [1.807, 2.05) is 19.2 Å². The second-order valence-corrected chi connectivity index (χ2v) is 12.9. The van der Waals surface area contributed by atoms with Gasteiger partial charge in [-0.15, -0.1) is 0 Å². The first-order valence-electron chi connectivity index (χ1n) is 12.2. The van der Waals surface area contributed by atoms with Gasteiger partial charge in [-0.2, -0.15) is 13.2 Å². The van der Waals surface area contributed by atoms with Crippen molar-refractivity contribution in [3.8, 4) is 0 Å². The van der Waals surface area contributed by atoms with Gasteiger partial charge in [0.25, 0.3) is 0 Å². The number of halogens is 3. The molecule has 4 aliphatic rings. The van der Waals surface area contributed by atoms with E-state index in [4.69, 9.17) is 0 Å². The Morgan fingerprint density at radius 2 is 1.83 bits per heavy atom. The molecule has 1 saturated carbocycles. The van der Waals surface area contributed by atoms with Crippen LogP contribution in [0, 0.1) is 28.6 Å². The highest BCUT2D eigenvalue weighted by Crippen LogP contribution is 2.65. The van der Waals surface area contributed by atoms with E-state index in [0.717, 1.165) is 0 Å². The minimum atomic E-state index is -5.13. The van der Waals surface area contributed by atoms with Crippen LogP contribution in [0.5, 0.6) is 0 Å². The van der Waals surface area contributed by atoms with Gasteiger partial charge in [0.1, 0.15) is 12.1 Å². The minimum Gasteiger partial charge on any atom is -0.356 e. The maximum atomic E-state index is 13.6. The van der Waals surface area contributed by atoms with E-state index in [1.54, 1.807) is 20.8 Å². The number of fused-ring (bicyclic) bond motifs is 1. The third kappa shape index (κ3) is 5.18. The number of hydrogen-bond acceptors (Lipinski definition) is 6. The molecule has 1 aliphatic carbocycles. The molecular weight excluding hydrogens is 499 g/mol. The molecule has 7 atom stereocenters. The van der Waals surface area contributed by atoms with Gasteiger partial charge in [-0.25, -0.2) is 4.72 Å². The number of carbonyl (C=O) groups is 4. The molecule has 36 heavy (non-hydrogen) atoms. The molecule has 0 bridgehead atoms. The molecule has 0 radical (unpaired) electrons. The predicted octanol–water partition coefficient (Wildman–Crippen LogP) is 1.15. The maximum Gasteiger partial charge on any atom is 0.471 e. The second kappa shape index (κ2) is 9.07. The number of nitrogens with zero attached hydrogens (tertiary/aromatic N) is 1. The fraction of sp³-hybridized carbons (Fsp3) is 0.826. The van der Waals surface area contributed by atoms with Crippen molar-refractivity contribution in [1.82, 2.24) is 25.6 Å². The van der Waals surface area contributed by atoms with Crippen molar-refractivity contribution in [3.63, 3.8) is 0 Å². The lowest BCUT2D eigenvalue weighted by atomic mass is 9.85. The number of piperidine rings is 1. The van der Waals surface area contributed by atoms with Gasteiger partial charge < -0.3 is 20.9 Å². The van der Waals surface area contributed by atoms with Crippen LogP contribution in [0.15, 0.2) is 0 Å². The maximum absolute atomic E-state index is 13.6. The van der Waals surface area contributed by atoms with E-state index in [2.05, 4.69) is 15.4 Å². The molecule has 13 heteroatoms. The van der Waals surface area contributed by atoms with E-state index in [-0.39, 0.29) is 52.9 Å². The Bertz CT molecular complexity index is 949. The Balaban J connectivity index is 1.53. The van der Waals surface area contributed by atoms with E-state index in [9.17, 15) is 32.3 Å². The zero-order valence-electron chi connectivity index (χ0n) is 21.0. The van der Waals surface area contributed by atoms with Crippen LogP contribution >= 0.6 is 11.9 Å². The summed E-state index contributed by atoms with van der Waals surface area (Å²) in [5.41, 5.74) is -1.22. The average molecular weight is 534 g/mol. The van der Waals surface area contributed by atoms with Crippen LogP contribution in [-0.4, -0.2) is 71.3 Å². The molecule has 202 valence electrons. The highest BCUT2D eigenvalue weighted by molar-refractivity contribution is 8.04. The minimum absolute atomic E-state index is 0.0311. The van der Waals surface area contributed by atoms with Crippen molar-refractivity contribution in [2.75, 3.05) is 13.1 Å². The lowest BCUT2D eigenvalue weighted by Gasteiger charge is -2.38. The summed E-state index contributed by atoms with van der Waals surface area (Å²) in [7, 11) is 0. The number of carbonyl (C=O) groups excluding carboxylic acids is 4. The molecule has 4 amide bonds. The Morgan fingerprint density at radius 3 is 2.33 bits per heavy atom. The van der Waals surface area contributed by atoms with Gasteiger partial charge in [0.15, 0.2) is 0 Å². The highest BCUT2D eigenvalue weighted by Gasteiger charge is 2.70. The second-order valence-electron chi connectivity index (χ2n) is 11.9. The first-order chi connectivity index (χ1) is 16.5. The Labute approximate surface area is 212 Å². The van der Waals surface area contributed by atoms with Crippen LogP contribution in [0.4, 0.5) is 13.2 Å². The first kappa shape index (κ1) is 27.0. The van der Waals surface area contributed by atoms with Crippen LogP contribution < -0.4 is 20.7 Å². The Hall–Kier alpha value is -2.02. The molecule has 0 aromatic heterocycles. The molecule has 4 fully saturated rings. The van der Waals surface area contributed by atoms with E-state index in [1.165, 1.54) is 16.8 Å². The van der Waals surface area contributed by atoms with Crippen molar-refractivity contribution in [2.45, 2.75) is 77.1 Å². The van der Waals surface area contributed by atoms with Gasteiger partial charge in [0.2, 0.25) is 17.7 Å². The van der Waals surface area contributed by atoms with Gasteiger partial charge in [-0.3, -0.25) is 19.2 Å². The van der Waals surface area contributed by atoms with E-state index >= 15 is 0 Å². The van der Waals surface area contributed by atoms with Gasteiger partial charge in [-0.1, -0.05) is 46.6 Å².